The van der Waals surface area contributed by atoms with Crippen LogP contribution in [0.1, 0.15) is 12.0 Å². The molecule has 1 unspecified atom stereocenters. The van der Waals surface area contributed by atoms with Crippen LogP contribution in [-0.4, -0.2) is 60.1 Å². The van der Waals surface area contributed by atoms with E-state index in [0.29, 0.717) is 0 Å². The van der Waals surface area contributed by atoms with E-state index in [1.54, 1.807) is 6.20 Å². The molecule has 0 spiro atoms. The number of aromatic nitrogens is 1. The molecule has 23 heavy (non-hydrogen) atoms. The van der Waals surface area contributed by atoms with E-state index in [1.165, 1.54) is 0 Å². The maximum atomic E-state index is 6.38. The van der Waals surface area contributed by atoms with Gasteiger partial charge in [0.05, 0.1) is 12.1 Å². The number of rotatable bonds is 3. The summed E-state index contributed by atoms with van der Waals surface area (Å²) in [6, 6.07) is 6.11. The van der Waals surface area contributed by atoms with Crippen LogP contribution < -0.4 is 4.74 Å². The summed E-state index contributed by atoms with van der Waals surface area (Å²) in [5.74, 6) is 0.901. The molecular formula is C17H22ClN3OS. The number of fused-ring (bicyclic) bond motifs is 3. The van der Waals surface area contributed by atoms with Gasteiger partial charge in [0.2, 0.25) is 0 Å². The summed E-state index contributed by atoms with van der Waals surface area (Å²) in [6.07, 6.45) is 4.77. The second-order valence-corrected chi connectivity index (χ2v) is 6.44. The van der Waals surface area contributed by atoms with Crippen molar-refractivity contribution in [2.75, 3.05) is 34.2 Å². The van der Waals surface area contributed by atoms with Crippen molar-refractivity contribution in [2.24, 2.45) is 0 Å². The zero-order valence-corrected chi connectivity index (χ0v) is 15.3. The van der Waals surface area contributed by atoms with Crippen molar-refractivity contribution < 1.29 is 4.74 Å². The summed E-state index contributed by atoms with van der Waals surface area (Å²) in [7, 11) is 6.21. The Bertz CT molecular complexity index is 707. The Morgan fingerprint density at radius 1 is 1.35 bits per heavy atom. The van der Waals surface area contributed by atoms with Crippen molar-refractivity contribution in [3.8, 4) is 5.75 Å². The Balaban J connectivity index is 0.00000192. The first-order chi connectivity index (χ1) is 10.6. The topological polar surface area (TPSA) is 28.6 Å². The third-order valence-corrected chi connectivity index (χ3v) is 4.54. The fourth-order valence-electron chi connectivity index (χ4n) is 2.79. The molecule has 1 aromatic carbocycles. The minimum absolute atomic E-state index is 0. The predicted molar refractivity (Wildman–Crippen MR) is 101 cm³/mol. The minimum Gasteiger partial charge on any atom is -0.487 e. The molecule has 2 heterocycles. The Labute approximate surface area is 148 Å². The van der Waals surface area contributed by atoms with Crippen LogP contribution in [0.2, 0.25) is 0 Å². The first kappa shape index (κ1) is 17.9. The zero-order chi connectivity index (χ0) is 15.7. The number of thiocarbonyl (C=S) groups is 1. The molecule has 0 radical (unpaired) electrons. The second kappa shape index (κ2) is 7.43. The van der Waals surface area contributed by atoms with Crippen LogP contribution in [-0.2, 0) is 0 Å². The van der Waals surface area contributed by atoms with Gasteiger partial charge in [-0.05, 0) is 32.6 Å². The van der Waals surface area contributed by atoms with E-state index in [-0.39, 0.29) is 18.5 Å². The van der Waals surface area contributed by atoms with Gasteiger partial charge in [0, 0.05) is 36.8 Å². The molecule has 0 N–H and O–H groups in total. The fraction of sp³-hybridized carbons (Fsp3) is 0.412. The van der Waals surface area contributed by atoms with Crippen LogP contribution in [0.15, 0.2) is 30.6 Å². The molecule has 0 saturated carbocycles. The lowest BCUT2D eigenvalue weighted by atomic mass is 10.1. The molecule has 4 nitrogen and oxygen atoms in total. The van der Waals surface area contributed by atoms with Crippen LogP contribution in [0.3, 0.4) is 0 Å². The van der Waals surface area contributed by atoms with Gasteiger partial charge in [-0.2, -0.15) is 0 Å². The lowest BCUT2D eigenvalue weighted by molar-refractivity contribution is 0.162. The van der Waals surface area contributed by atoms with Gasteiger partial charge in [-0.1, -0.05) is 18.3 Å². The van der Waals surface area contributed by atoms with E-state index < -0.39 is 0 Å². The fourth-order valence-corrected chi connectivity index (χ4v) is 3.02. The summed E-state index contributed by atoms with van der Waals surface area (Å²) in [5, 5.41) is 2.17. The van der Waals surface area contributed by atoms with Crippen LogP contribution in [0.4, 0.5) is 0 Å². The van der Waals surface area contributed by atoms with E-state index in [4.69, 9.17) is 17.0 Å². The molecule has 1 aliphatic rings. The Kier molecular flexibility index (Phi) is 5.79. The molecule has 0 bridgehead atoms. The van der Waals surface area contributed by atoms with Gasteiger partial charge in [0.15, 0.2) is 0 Å². The van der Waals surface area contributed by atoms with Gasteiger partial charge in [-0.25, -0.2) is 0 Å². The molecule has 0 saturated heterocycles. The molecule has 0 aliphatic carbocycles. The van der Waals surface area contributed by atoms with E-state index in [2.05, 4.69) is 34.9 Å². The van der Waals surface area contributed by atoms with Gasteiger partial charge in [0.1, 0.15) is 16.8 Å². The molecule has 1 aromatic heterocycles. The number of halogens is 1. The first-order valence-electron chi connectivity index (χ1n) is 7.50. The molecule has 0 fully saturated rings. The maximum Gasteiger partial charge on any atom is 0.137 e. The first-order valence-corrected chi connectivity index (χ1v) is 7.90. The largest absolute Gasteiger partial charge is 0.487 e. The number of likely N-dealkylation sites (N-methyl/N-ethyl adjacent to an activating group) is 1. The number of hydrogen-bond donors (Lipinski definition) is 0. The van der Waals surface area contributed by atoms with Crippen molar-refractivity contribution in [1.82, 2.24) is 14.8 Å². The number of hydrogen-bond acceptors (Lipinski definition) is 4. The number of pyridine rings is 1. The molecule has 1 atom stereocenters. The summed E-state index contributed by atoms with van der Waals surface area (Å²) >= 11 is 5.64. The van der Waals surface area contributed by atoms with Gasteiger partial charge < -0.3 is 14.5 Å². The van der Waals surface area contributed by atoms with Crippen LogP contribution in [0, 0.1) is 0 Å². The number of benzene rings is 1. The average molecular weight is 352 g/mol. The summed E-state index contributed by atoms with van der Waals surface area (Å²) < 4.78 is 6.38. The molecule has 2 aromatic rings. The third-order valence-electron chi connectivity index (χ3n) is 4.01. The van der Waals surface area contributed by atoms with Crippen molar-refractivity contribution in [1.29, 1.82) is 0 Å². The zero-order valence-electron chi connectivity index (χ0n) is 13.7. The maximum absolute atomic E-state index is 6.38. The molecule has 1 aliphatic heterocycles. The average Bonchev–Trinajstić information content (AvgIpc) is 2.63. The molecule has 3 rings (SSSR count). The van der Waals surface area contributed by atoms with E-state index in [0.717, 1.165) is 46.6 Å². The highest BCUT2D eigenvalue weighted by Gasteiger charge is 2.25. The quantitative estimate of drug-likeness (QED) is 0.793. The van der Waals surface area contributed by atoms with E-state index in [9.17, 15) is 0 Å². The smallest absolute Gasteiger partial charge is 0.137 e. The van der Waals surface area contributed by atoms with Crippen molar-refractivity contribution in [3.05, 3.63) is 36.2 Å². The number of nitrogens with zero attached hydrogens (tertiary/aromatic N) is 3. The summed E-state index contributed by atoms with van der Waals surface area (Å²) in [6.45, 7) is 1.81. The van der Waals surface area contributed by atoms with Crippen molar-refractivity contribution in [2.45, 2.75) is 12.5 Å². The lowest BCUT2D eigenvalue weighted by Crippen LogP contribution is -2.35. The van der Waals surface area contributed by atoms with Gasteiger partial charge in [0.25, 0.3) is 0 Å². The summed E-state index contributed by atoms with van der Waals surface area (Å²) in [5.41, 5.74) is 1.00. The monoisotopic (exact) mass is 351 g/mol. The predicted octanol–water partition coefficient (Wildman–Crippen LogP) is 2.98. The Hall–Kier alpha value is -1.43. The Morgan fingerprint density at radius 3 is 2.87 bits per heavy atom. The molecule has 0 amide bonds. The van der Waals surface area contributed by atoms with Gasteiger partial charge >= 0.3 is 0 Å². The van der Waals surface area contributed by atoms with Gasteiger partial charge in [-0.3, -0.25) is 4.98 Å². The van der Waals surface area contributed by atoms with Crippen LogP contribution in [0.25, 0.3) is 10.8 Å². The molecule has 124 valence electrons. The third kappa shape index (κ3) is 3.74. The van der Waals surface area contributed by atoms with E-state index in [1.807, 2.05) is 25.4 Å². The minimum atomic E-state index is 0. The van der Waals surface area contributed by atoms with Gasteiger partial charge in [-0.15, -0.1) is 12.4 Å². The molecular weight excluding hydrogens is 330 g/mol. The van der Waals surface area contributed by atoms with Crippen LogP contribution in [0.5, 0.6) is 5.75 Å². The highest BCUT2D eigenvalue weighted by molar-refractivity contribution is 7.80. The highest BCUT2D eigenvalue weighted by Crippen LogP contribution is 2.33. The summed E-state index contributed by atoms with van der Waals surface area (Å²) in [4.78, 5) is 9.34. The SMILES string of the molecule is CN(C)CCC1CN(C)C(=S)c2ccc3cnccc3c2O1.Cl. The Morgan fingerprint density at radius 2 is 2.13 bits per heavy atom. The second-order valence-electron chi connectivity index (χ2n) is 6.06. The number of ether oxygens (including phenoxy) is 1. The van der Waals surface area contributed by atoms with E-state index >= 15 is 0 Å². The van der Waals surface area contributed by atoms with Crippen molar-refractivity contribution in [3.63, 3.8) is 0 Å². The standard InChI is InChI=1S/C17H21N3OS.ClH/c1-19(2)9-7-13-11-20(3)17(22)15-5-4-12-10-18-8-6-14(12)16(15)21-13;/h4-6,8,10,13H,7,9,11H2,1-3H3;1H. The lowest BCUT2D eigenvalue weighted by Gasteiger charge is -2.23. The van der Waals surface area contributed by atoms with Crippen LogP contribution >= 0.6 is 24.6 Å². The normalized spacial score (nSPS) is 17.5. The van der Waals surface area contributed by atoms with Crippen molar-refractivity contribution >= 4 is 40.4 Å². The molecule has 6 heteroatoms. The highest BCUT2D eigenvalue weighted by atomic mass is 35.5.